The highest BCUT2D eigenvalue weighted by Gasteiger charge is 2.24. The molecule has 0 unspecified atom stereocenters. The number of oxazole rings is 1. The van der Waals surface area contributed by atoms with Gasteiger partial charge < -0.3 is 24.5 Å². The van der Waals surface area contributed by atoms with Crippen LogP contribution in [-0.2, 0) is 30.8 Å². The van der Waals surface area contributed by atoms with Gasteiger partial charge in [-0.25, -0.2) is 4.98 Å². The summed E-state index contributed by atoms with van der Waals surface area (Å²) in [6.45, 7) is 8.26. The molecule has 43 heavy (non-hydrogen) atoms. The van der Waals surface area contributed by atoms with Gasteiger partial charge in [-0.15, -0.1) is 0 Å². The van der Waals surface area contributed by atoms with Crippen LogP contribution < -0.4 is 10.1 Å². The van der Waals surface area contributed by atoms with Gasteiger partial charge in [-0.1, -0.05) is 13.0 Å². The standard InChI is InChI=1S/C33H43N5O5/c1-3-4-32(40)38-13-8-24(9-14-38)15-27-16-25(7-11-35-27)33(41)36-17-28(39)20-37-12-10-30-23(2)31(6-5-26(30)19-37)42-21-29-18-34-22-43-29/h5-7,11,16,18,22,24,28,39H,3-4,8-10,12-15,17,19-21H2,1-2H3,(H,36,41)/t28-/m0/s1. The molecular weight excluding hydrogens is 546 g/mol. The van der Waals surface area contributed by atoms with Crippen molar-refractivity contribution in [3.63, 3.8) is 0 Å². The molecule has 2 aliphatic rings. The van der Waals surface area contributed by atoms with Gasteiger partial charge in [-0.05, 0) is 79.8 Å². The Morgan fingerprint density at radius 3 is 2.81 bits per heavy atom. The number of hydrogen-bond acceptors (Lipinski definition) is 8. The molecular formula is C33H43N5O5. The molecule has 2 aliphatic heterocycles. The first-order chi connectivity index (χ1) is 20.9. The van der Waals surface area contributed by atoms with E-state index in [1.807, 2.05) is 24.0 Å². The van der Waals surface area contributed by atoms with E-state index in [0.29, 0.717) is 36.8 Å². The zero-order chi connectivity index (χ0) is 30.2. The quantitative estimate of drug-likeness (QED) is 0.328. The Morgan fingerprint density at radius 1 is 1.21 bits per heavy atom. The maximum absolute atomic E-state index is 12.9. The lowest BCUT2D eigenvalue weighted by molar-refractivity contribution is -0.132. The molecule has 1 fully saturated rings. The lowest BCUT2D eigenvalue weighted by Gasteiger charge is -2.32. The summed E-state index contributed by atoms with van der Waals surface area (Å²) in [6, 6.07) is 7.65. The number of pyridine rings is 1. The summed E-state index contributed by atoms with van der Waals surface area (Å²) in [5.74, 6) is 2.02. The Bertz CT molecular complexity index is 1370. The average Bonchev–Trinajstić information content (AvgIpc) is 3.54. The monoisotopic (exact) mass is 589 g/mol. The molecule has 3 aromatic rings. The van der Waals surface area contributed by atoms with E-state index in [2.05, 4.69) is 33.2 Å². The first kappa shape index (κ1) is 30.7. The summed E-state index contributed by atoms with van der Waals surface area (Å²) in [4.78, 5) is 37.7. The predicted octanol–water partition coefficient (Wildman–Crippen LogP) is 3.69. The zero-order valence-corrected chi connectivity index (χ0v) is 25.3. The summed E-state index contributed by atoms with van der Waals surface area (Å²) in [7, 11) is 0. The second-order valence-corrected chi connectivity index (χ2v) is 11.7. The number of fused-ring (bicyclic) bond motifs is 1. The van der Waals surface area contributed by atoms with E-state index in [-0.39, 0.29) is 18.4 Å². The smallest absolute Gasteiger partial charge is 0.251 e. The third-order valence-corrected chi connectivity index (χ3v) is 8.55. The average molecular weight is 590 g/mol. The molecule has 4 heterocycles. The molecule has 10 nitrogen and oxygen atoms in total. The van der Waals surface area contributed by atoms with Crippen molar-refractivity contribution in [3.8, 4) is 5.75 Å². The van der Waals surface area contributed by atoms with Crippen molar-refractivity contribution in [3.05, 3.63) is 76.8 Å². The van der Waals surface area contributed by atoms with Gasteiger partial charge in [-0.2, -0.15) is 0 Å². The van der Waals surface area contributed by atoms with Crippen LogP contribution in [0.1, 0.15) is 71.1 Å². The molecule has 230 valence electrons. The van der Waals surface area contributed by atoms with Crippen molar-refractivity contribution >= 4 is 11.8 Å². The van der Waals surface area contributed by atoms with Gasteiger partial charge in [0.1, 0.15) is 12.4 Å². The molecule has 1 saturated heterocycles. The highest BCUT2D eigenvalue weighted by atomic mass is 16.5. The van der Waals surface area contributed by atoms with E-state index in [4.69, 9.17) is 9.15 Å². The molecule has 1 atom stereocenters. The Labute approximate surface area is 253 Å². The van der Waals surface area contributed by atoms with Gasteiger partial charge in [0.25, 0.3) is 5.91 Å². The van der Waals surface area contributed by atoms with Crippen LogP contribution in [-0.4, -0.2) is 75.5 Å². The number of likely N-dealkylation sites (tertiary alicyclic amines) is 1. The van der Waals surface area contributed by atoms with Crippen molar-refractivity contribution < 1.29 is 23.8 Å². The molecule has 5 rings (SSSR count). The van der Waals surface area contributed by atoms with Crippen molar-refractivity contribution in [2.75, 3.05) is 32.7 Å². The van der Waals surface area contributed by atoms with Crippen molar-refractivity contribution in [2.45, 2.75) is 71.6 Å². The molecule has 0 spiro atoms. The molecule has 0 aliphatic carbocycles. The molecule has 0 saturated carbocycles. The lowest BCUT2D eigenvalue weighted by Crippen LogP contribution is -2.42. The number of aliphatic hydroxyl groups excluding tert-OH is 1. The van der Waals surface area contributed by atoms with Gasteiger partial charge in [0.2, 0.25) is 5.91 Å². The summed E-state index contributed by atoms with van der Waals surface area (Å²) in [6.07, 6.45) is 9.12. The number of nitrogens with zero attached hydrogens (tertiary/aromatic N) is 4. The number of carbonyl (C=O) groups excluding carboxylic acids is 2. The normalized spacial score (nSPS) is 16.5. The Morgan fingerprint density at radius 2 is 2.05 bits per heavy atom. The van der Waals surface area contributed by atoms with Crippen molar-refractivity contribution in [2.24, 2.45) is 5.92 Å². The minimum atomic E-state index is -0.682. The van der Waals surface area contributed by atoms with Crippen LogP contribution in [0, 0.1) is 12.8 Å². The number of benzene rings is 1. The molecule has 0 radical (unpaired) electrons. The lowest BCUT2D eigenvalue weighted by atomic mass is 9.91. The first-order valence-electron chi connectivity index (χ1n) is 15.4. The zero-order valence-electron chi connectivity index (χ0n) is 25.3. The predicted molar refractivity (Wildman–Crippen MR) is 161 cm³/mol. The fourth-order valence-electron chi connectivity index (χ4n) is 6.11. The van der Waals surface area contributed by atoms with E-state index >= 15 is 0 Å². The molecule has 2 aromatic heterocycles. The van der Waals surface area contributed by atoms with Crippen LogP contribution in [0.5, 0.6) is 5.75 Å². The van der Waals surface area contributed by atoms with Gasteiger partial charge in [-0.3, -0.25) is 19.5 Å². The van der Waals surface area contributed by atoms with Crippen molar-refractivity contribution in [1.82, 2.24) is 25.1 Å². The number of aliphatic hydroxyl groups is 1. The van der Waals surface area contributed by atoms with Gasteiger partial charge in [0.05, 0.1) is 12.3 Å². The van der Waals surface area contributed by atoms with Crippen LogP contribution in [0.25, 0.3) is 0 Å². The number of ether oxygens (including phenoxy) is 1. The van der Waals surface area contributed by atoms with Gasteiger partial charge in [0, 0.05) is 63.1 Å². The van der Waals surface area contributed by atoms with Crippen LogP contribution in [0.2, 0.25) is 0 Å². The number of nitrogens with one attached hydrogen (secondary N) is 1. The van der Waals surface area contributed by atoms with Gasteiger partial charge in [0.15, 0.2) is 12.2 Å². The molecule has 2 amide bonds. The molecule has 0 bridgehead atoms. The maximum atomic E-state index is 12.9. The van der Waals surface area contributed by atoms with E-state index in [0.717, 1.165) is 75.3 Å². The van der Waals surface area contributed by atoms with Gasteiger partial charge >= 0.3 is 0 Å². The van der Waals surface area contributed by atoms with Crippen LogP contribution in [0.4, 0.5) is 0 Å². The van der Waals surface area contributed by atoms with E-state index in [9.17, 15) is 14.7 Å². The topological polar surface area (TPSA) is 121 Å². The third-order valence-electron chi connectivity index (χ3n) is 8.55. The Hall–Kier alpha value is -3.76. The highest BCUT2D eigenvalue weighted by molar-refractivity contribution is 5.94. The molecule has 2 N–H and O–H groups in total. The number of hydrogen-bond donors (Lipinski definition) is 2. The second-order valence-electron chi connectivity index (χ2n) is 11.7. The molecule has 10 heteroatoms. The van der Waals surface area contributed by atoms with E-state index in [1.54, 1.807) is 18.5 Å². The van der Waals surface area contributed by atoms with Crippen LogP contribution in [0.3, 0.4) is 0 Å². The molecule has 1 aromatic carbocycles. The van der Waals surface area contributed by atoms with E-state index in [1.165, 1.54) is 17.5 Å². The Balaban J connectivity index is 1.06. The summed E-state index contributed by atoms with van der Waals surface area (Å²) in [5.41, 5.74) is 5.10. The maximum Gasteiger partial charge on any atom is 0.251 e. The second kappa shape index (κ2) is 14.6. The van der Waals surface area contributed by atoms with Crippen LogP contribution in [0.15, 0.2) is 47.5 Å². The van der Waals surface area contributed by atoms with E-state index < -0.39 is 6.10 Å². The minimum absolute atomic E-state index is 0.178. The number of aromatic nitrogens is 2. The first-order valence-corrected chi connectivity index (χ1v) is 15.4. The summed E-state index contributed by atoms with van der Waals surface area (Å²) < 4.78 is 11.2. The highest BCUT2D eigenvalue weighted by Crippen LogP contribution is 2.30. The number of β-amino-alcohol motifs (C(OH)–C–C–N with tert-alkyl or cyclic N) is 1. The number of carbonyl (C=O) groups is 2. The summed E-state index contributed by atoms with van der Waals surface area (Å²) >= 11 is 0. The van der Waals surface area contributed by atoms with Crippen LogP contribution >= 0.6 is 0 Å². The fourth-order valence-corrected chi connectivity index (χ4v) is 6.11. The number of piperidine rings is 1. The minimum Gasteiger partial charge on any atom is -0.485 e. The fraction of sp³-hybridized carbons (Fsp3) is 0.515. The number of rotatable bonds is 12. The third kappa shape index (κ3) is 8.20. The Kier molecular flexibility index (Phi) is 10.4. The van der Waals surface area contributed by atoms with Crippen molar-refractivity contribution in [1.29, 1.82) is 0 Å². The summed E-state index contributed by atoms with van der Waals surface area (Å²) in [5, 5.41) is 13.6. The number of amides is 2. The SMILES string of the molecule is CCCC(=O)N1CCC(Cc2cc(C(=O)NC[C@H](O)CN3CCc4c(ccc(OCc5cnco5)c4C)C3)ccn2)CC1. The largest absolute Gasteiger partial charge is 0.485 e.